The van der Waals surface area contributed by atoms with E-state index in [1.807, 2.05) is 31.2 Å². The molecule has 0 unspecified atom stereocenters. The molecule has 0 aliphatic carbocycles. The number of nitrogens with zero attached hydrogens (tertiary/aromatic N) is 1. The molecule has 1 fully saturated rings. The maximum atomic E-state index is 11.8. The van der Waals surface area contributed by atoms with Crippen LogP contribution >= 0.6 is 0 Å². The van der Waals surface area contributed by atoms with Crippen LogP contribution in [-0.2, 0) is 4.74 Å². The Morgan fingerprint density at radius 3 is 2.74 bits per heavy atom. The third-order valence-corrected chi connectivity index (χ3v) is 3.05. The maximum Gasteiger partial charge on any atom is 0.409 e. The zero-order valence-electron chi connectivity index (χ0n) is 11.0. The van der Waals surface area contributed by atoms with Crippen molar-refractivity contribution < 1.29 is 14.3 Å². The fourth-order valence-electron chi connectivity index (χ4n) is 1.91. The molecular weight excluding hydrogens is 244 g/mol. The lowest BCUT2D eigenvalue weighted by Gasteiger charge is -2.12. The summed E-state index contributed by atoms with van der Waals surface area (Å²) >= 11 is 0. The van der Waals surface area contributed by atoms with Gasteiger partial charge in [0.2, 0.25) is 0 Å². The van der Waals surface area contributed by atoms with E-state index in [0.29, 0.717) is 31.8 Å². The summed E-state index contributed by atoms with van der Waals surface area (Å²) in [5.41, 5.74) is 1.79. The van der Waals surface area contributed by atoms with Crippen LogP contribution in [0.3, 0.4) is 0 Å². The smallest absolute Gasteiger partial charge is 0.409 e. The monoisotopic (exact) mass is 262 g/mol. The van der Waals surface area contributed by atoms with Gasteiger partial charge in [-0.2, -0.15) is 0 Å². The predicted octanol–water partition coefficient (Wildman–Crippen LogP) is 1.57. The molecule has 1 saturated heterocycles. The molecule has 5 nitrogen and oxygen atoms in total. The van der Waals surface area contributed by atoms with Crippen molar-refractivity contribution in [1.29, 1.82) is 0 Å². The summed E-state index contributed by atoms with van der Waals surface area (Å²) in [6, 6.07) is 7.44. The first-order valence-electron chi connectivity index (χ1n) is 6.43. The Morgan fingerprint density at radius 2 is 2.11 bits per heavy atom. The van der Waals surface area contributed by atoms with E-state index in [1.54, 1.807) is 4.90 Å². The van der Waals surface area contributed by atoms with Crippen LogP contribution in [0.4, 0.5) is 4.79 Å². The highest BCUT2D eigenvalue weighted by molar-refractivity contribution is 5.94. The predicted molar refractivity (Wildman–Crippen MR) is 71.1 cm³/mol. The van der Waals surface area contributed by atoms with E-state index in [1.165, 1.54) is 0 Å². The number of aryl methyl sites for hydroxylation is 1. The molecule has 1 aromatic carbocycles. The van der Waals surface area contributed by atoms with Crippen LogP contribution in [0.25, 0.3) is 0 Å². The average molecular weight is 262 g/mol. The number of carbonyl (C=O) groups is 2. The van der Waals surface area contributed by atoms with Crippen molar-refractivity contribution in [2.45, 2.75) is 13.3 Å². The Balaban J connectivity index is 1.69. The number of ether oxygens (including phenoxy) is 1. The molecule has 0 atom stereocenters. The number of hydrogen-bond acceptors (Lipinski definition) is 3. The fraction of sp³-hybridized carbons (Fsp3) is 0.429. The molecule has 0 saturated carbocycles. The number of benzene rings is 1. The molecule has 1 aliphatic heterocycles. The molecule has 0 spiro atoms. The Morgan fingerprint density at radius 1 is 1.37 bits per heavy atom. The standard InChI is InChI=1S/C14H18N2O3/c1-11-3-5-12(6-4-11)13(17)15-7-2-8-16-9-10-19-14(16)18/h3-6H,2,7-10H2,1H3,(H,15,17). The van der Waals surface area contributed by atoms with Crippen molar-refractivity contribution in [3.8, 4) is 0 Å². The second-order valence-electron chi connectivity index (χ2n) is 4.58. The molecule has 5 heteroatoms. The number of carbonyl (C=O) groups excluding carboxylic acids is 2. The van der Waals surface area contributed by atoms with Gasteiger partial charge in [-0.3, -0.25) is 4.79 Å². The number of nitrogens with one attached hydrogen (secondary N) is 1. The minimum absolute atomic E-state index is 0.0796. The zero-order chi connectivity index (χ0) is 13.7. The maximum absolute atomic E-state index is 11.8. The third kappa shape index (κ3) is 3.71. The van der Waals surface area contributed by atoms with Gasteiger partial charge in [-0.1, -0.05) is 17.7 Å². The SMILES string of the molecule is Cc1ccc(C(=O)NCCCN2CCOC2=O)cc1. The van der Waals surface area contributed by atoms with E-state index >= 15 is 0 Å². The van der Waals surface area contributed by atoms with Crippen molar-refractivity contribution in [3.63, 3.8) is 0 Å². The summed E-state index contributed by atoms with van der Waals surface area (Å²) in [5, 5.41) is 2.84. The lowest BCUT2D eigenvalue weighted by Crippen LogP contribution is -2.30. The number of amides is 2. The number of cyclic esters (lactones) is 1. The molecule has 0 bridgehead atoms. The average Bonchev–Trinajstić information content (AvgIpc) is 2.81. The second kappa shape index (κ2) is 6.22. The molecule has 1 heterocycles. The van der Waals surface area contributed by atoms with Crippen LogP contribution in [0.1, 0.15) is 22.3 Å². The topological polar surface area (TPSA) is 58.6 Å². The van der Waals surface area contributed by atoms with Gasteiger partial charge in [0, 0.05) is 18.7 Å². The van der Waals surface area contributed by atoms with Gasteiger partial charge in [0.25, 0.3) is 5.91 Å². The molecule has 1 aromatic rings. The van der Waals surface area contributed by atoms with Gasteiger partial charge < -0.3 is 15.0 Å². The first-order chi connectivity index (χ1) is 9.16. The van der Waals surface area contributed by atoms with E-state index in [4.69, 9.17) is 4.74 Å². The van der Waals surface area contributed by atoms with Crippen LogP contribution in [-0.4, -0.2) is 43.1 Å². The Bertz CT molecular complexity index is 456. The number of hydrogen-bond donors (Lipinski definition) is 1. The minimum Gasteiger partial charge on any atom is -0.448 e. The largest absolute Gasteiger partial charge is 0.448 e. The van der Waals surface area contributed by atoms with Gasteiger partial charge in [-0.15, -0.1) is 0 Å². The van der Waals surface area contributed by atoms with Crippen molar-refractivity contribution in [1.82, 2.24) is 10.2 Å². The van der Waals surface area contributed by atoms with E-state index in [9.17, 15) is 9.59 Å². The highest BCUT2D eigenvalue weighted by Gasteiger charge is 2.20. The molecular formula is C14H18N2O3. The van der Waals surface area contributed by atoms with Gasteiger partial charge in [0.05, 0.1) is 6.54 Å². The van der Waals surface area contributed by atoms with Crippen LogP contribution in [0, 0.1) is 6.92 Å². The van der Waals surface area contributed by atoms with Crippen molar-refractivity contribution in [2.75, 3.05) is 26.2 Å². The Kier molecular flexibility index (Phi) is 4.39. The quantitative estimate of drug-likeness (QED) is 0.819. The second-order valence-corrected chi connectivity index (χ2v) is 4.58. The normalized spacial score (nSPS) is 14.4. The van der Waals surface area contributed by atoms with Crippen molar-refractivity contribution >= 4 is 12.0 Å². The van der Waals surface area contributed by atoms with Gasteiger partial charge >= 0.3 is 6.09 Å². The lowest BCUT2D eigenvalue weighted by molar-refractivity contribution is 0.0952. The molecule has 1 N–H and O–H groups in total. The van der Waals surface area contributed by atoms with Gasteiger partial charge in [0.1, 0.15) is 6.61 Å². The molecule has 2 amide bonds. The number of rotatable bonds is 5. The van der Waals surface area contributed by atoms with Crippen LogP contribution < -0.4 is 5.32 Å². The van der Waals surface area contributed by atoms with Crippen molar-refractivity contribution in [2.24, 2.45) is 0 Å². The fourth-order valence-corrected chi connectivity index (χ4v) is 1.91. The summed E-state index contributed by atoms with van der Waals surface area (Å²) in [5.74, 6) is -0.0796. The van der Waals surface area contributed by atoms with Crippen LogP contribution in [0.2, 0.25) is 0 Å². The van der Waals surface area contributed by atoms with E-state index in [2.05, 4.69) is 5.32 Å². The van der Waals surface area contributed by atoms with Gasteiger partial charge in [-0.25, -0.2) is 4.79 Å². The third-order valence-electron chi connectivity index (χ3n) is 3.05. The zero-order valence-corrected chi connectivity index (χ0v) is 11.0. The molecule has 19 heavy (non-hydrogen) atoms. The Hall–Kier alpha value is -2.04. The summed E-state index contributed by atoms with van der Waals surface area (Å²) in [6.45, 7) is 4.26. The van der Waals surface area contributed by atoms with Crippen molar-refractivity contribution in [3.05, 3.63) is 35.4 Å². The highest BCUT2D eigenvalue weighted by Crippen LogP contribution is 2.04. The summed E-state index contributed by atoms with van der Waals surface area (Å²) in [6.07, 6.45) is 0.469. The molecule has 2 rings (SSSR count). The lowest BCUT2D eigenvalue weighted by atomic mass is 10.1. The molecule has 1 aliphatic rings. The first-order valence-corrected chi connectivity index (χ1v) is 6.43. The summed E-state index contributed by atoms with van der Waals surface area (Å²) in [7, 11) is 0. The molecule has 102 valence electrons. The molecule has 0 aromatic heterocycles. The first kappa shape index (κ1) is 13.4. The van der Waals surface area contributed by atoms with Gasteiger partial charge in [-0.05, 0) is 25.5 Å². The van der Waals surface area contributed by atoms with Crippen LogP contribution in [0.15, 0.2) is 24.3 Å². The summed E-state index contributed by atoms with van der Waals surface area (Å²) in [4.78, 5) is 24.6. The minimum atomic E-state index is -0.259. The van der Waals surface area contributed by atoms with E-state index < -0.39 is 0 Å². The highest BCUT2D eigenvalue weighted by atomic mass is 16.6. The van der Waals surface area contributed by atoms with Crippen LogP contribution in [0.5, 0.6) is 0 Å². The molecule has 0 radical (unpaired) electrons. The summed E-state index contributed by atoms with van der Waals surface area (Å²) < 4.78 is 4.82. The van der Waals surface area contributed by atoms with E-state index in [0.717, 1.165) is 12.0 Å². The van der Waals surface area contributed by atoms with E-state index in [-0.39, 0.29) is 12.0 Å². The Labute approximate surface area is 112 Å². The van der Waals surface area contributed by atoms with Gasteiger partial charge in [0.15, 0.2) is 0 Å².